The van der Waals surface area contributed by atoms with Crippen molar-refractivity contribution >= 4 is 0 Å². The first-order chi connectivity index (χ1) is 8.90. The van der Waals surface area contributed by atoms with Gasteiger partial charge in [-0.2, -0.15) is 13.2 Å². The number of hydrogen-bond donors (Lipinski definition) is 2. The van der Waals surface area contributed by atoms with Crippen LogP contribution in [0.3, 0.4) is 0 Å². The van der Waals surface area contributed by atoms with Gasteiger partial charge in [0.05, 0.1) is 6.61 Å². The molecule has 0 spiro atoms. The molecule has 0 aliphatic heterocycles. The number of nitrogens with one attached hydrogen (secondary N) is 1. The molecule has 0 amide bonds. The maximum Gasteiger partial charge on any atom is 0.389 e. The molecule has 0 radical (unpaired) electrons. The van der Waals surface area contributed by atoms with Crippen LogP contribution >= 0.6 is 0 Å². The Morgan fingerprint density at radius 1 is 1.26 bits per heavy atom. The van der Waals surface area contributed by atoms with Crippen LogP contribution in [0, 0.1) is 0 Å². The lowest BCUT2D eigenvalue weighted by atomic mass is 10.1. The third-order valence-electron chi connectivity index (χ3n) is 2.93. The lowest BCUT2D eigenvalue weighted by molar-refractivity contribution is -0.135. The Morgan fingerprint density at radius 3 is 2.58 bits per heavy atom. The third kappa shape index (κ3) is 7.18. The number of rotatable bonds is 7. The van der Waals surface area contributed by atoms with E-state index in [4.69, 9.17) is 5.11 Å². The highest BCUT2D eigenvalue weighted by Gasteiger charge is 2.26. The molecule has 1 unspecified atom stereocenters. The minimum absolute atomic E-state index is 0.00498. The van der Waals surface area contributed by atoms with E-state index in [1.54, 1.807) is 0 Å². The van der Waals surface area contributed by atoms with Gasteiger partial charge in [0.2, 0.25) is 0 Å². The molecule has 0 heterocycles. The minimum Gasteiger partial charge on any atom is -0.392 e. The number of aliphatic hydroxyl groups excluding tert-OH is 1. The van der Waals surface area contributed by atoms with Crippen LogP contribution in [0.25, 0.3) is 0 Å². The maximum atomic E-state index is 12.0. The number of hydrogen-bond acceptors (Lipinski definition) is 2. The van der Waals surface area contributed by atoms with Crippen LogP contribution in [-0.4, -0.2) is 17.3 Å². The van der Waals surface area contributed by atoms with Gasteiger partial charge < -0.3 is 10.4 Å². The van der Waals surface area contributed by atoms with Gasteiger partial charge in [-0.25, -0.2) is 0 Å². The molecule has 19 heavy (non-hydrogen) atoms. The Hall–Kier alpha value is -1.07. The summed E-state index contributed by atoms with van der Waals surface area (Å²) >= 11 is 0. The van der Waals surface area contributed by atoms with Gasteiger partial charge in [-0.3, -0.25) is 0 Å². The average molecular weight is 275 g/mol. The van der Waals surface area contributed by atoms with E-state index < -0.39 is 12.6 Å². The van der Waals surface area contributed by atoms with Crippen LogP contribution in [-0.2, 0) is 13.2 Å². The van der Waals surface area contributed by atoms with Crippen molar-refractivity contribution < 1.29 is 18.3 Å². The SMILES string of the molecule is CC(CCCC(F)(F)F)NCc1cccc(CO)c1. The quantitative estimate of drug-likeness (QED) is 0.799. The van der Waals surface area contributed by atoms with Gasteiger partial charge >= 0.3 is 6.18 Å². The minimum atomic E-state index is -4.06. The van der Waals surface area contributed by atoms with Gasteiger partial charge in [0.1, 0.15) is 0 Å². The number of aliphatic hydroxyl groups is 1. The molecular weight excluding hydrogens is 255 g/mol. The van der Waals surface area contributed by atoms with Crippen molar-refractivity contribution in [3.63, 3.8) is 0 Å². The molecule has 1 aromatic carbocycles. The molecule has 0 aliphatic carbocycles. The Labute approximate surface area is 111 Å². The standard InChI is InChI=1S/C14H20F3NO/c1-11(4-3-7-14(15,16)17)18-9-12-5-2-6-13(8-12)10-19/h2,5-6,8,11,18-19H,3-4,7,9-10H2,1H3. The van der Waals surface area contributed by atoms with E-state index >= 15 is 0 Å². The Bertz CT molecular complexity index is 379. The maximum absolute atomic E-state index is 12.0. The molecule has 1 aromatic rings. The first-order valence-corrected chi connectivity index (χ1v) is 6.39. The van der Waals surface area contributed by atoms with Gasteiger partial charge in [-0.1, -0.05) is 24.3 Å². The van der Waals surface area contributed by atoms with E-state index in [0.29, 0.717) is 13.0 Å². The van der Waals surface area contributed by atoms with Crippen molar-refractivity contribution in [1.29, 1.82) is 0 Å². The van der Waals surface area contributed by atoms with Crippen LogP contribution in [0.4, 0.5) is 13.2 Å². The fraction of sp³-hybridized carbons (Fsp3) is 0.571. The predicted molar refractivity (Wildman–Crippen MR) is 68.6 cm³/mol. The summed E-state index contributed by atoms with van der Waals surface area (Å²) in [4.78, 5) is 0. The van der Waals surface area contributed by atoms with Crippen LogP contribution in [0.2, 0.25) is 0 Å². The summed E-state index contributed by atoms with van der Waals surface area (Å²) in [6, 6.07) is 7.54. The summed E-state index contributed by atoms with van der Waals surface area (Å²) in [6.07, 6.45) is -4.14. The number of halogens is 3. The summed E-state index contributed by atoms with van der Waals surface area (Å²) in [7, 11) is 0. The molecule has 0 saturated heterocycles. The molecule has 2 N–H and O–H groups in total. The molecule has 0 aliphatic rings. The smallest absolute Gasteiger partial charge is 0.389 e. The summed E-state index contributed by atoms with van der Waals surface area (Å²) in [5.74, 6) is 0. The highest BCUT2D eigenvalue weighted by atomic mass is 19.4. The Balaban J connectivity index is 2.27. The van der Waals surface area contributed by atoms with Gasteiger partial charge in [-0.05, 0) is 30.9 Å². The second-order valence-corrected chi connectivity index (χ2v) is 4.77. The lowest BCUT2D eigenvalue weighted by Gasteiger charge is -2.14. The molecule has 0 aromatic heterocycles. The lowest BCUT2D eigenvalue weighted by Crippen LogP contribution is -2.25. The highest BCUT2D eigenvalue weighted by Crippen LogP contribution is 2.22. The van der Waals surface area contributed by atoms with Crippen LogP contribution in [0.5, 0.6) is 0 Å². The third-order valence-corrected chi connectivity index (χ3v) is 2.93. The van der Waals surface area contributed by atoms with Gasteiger partial charge in [0.25, 0.3) is 0 Å². The van der Waals surface area contributed by atoms with E-state index in [-0.39, 0.29) is 19.1 Å². The first kappa shape index (κ1) is 16.0. The van der Waals surface area contributed by atoms with Crippen molar-refractivity contribution in [3.8, 4) is 0 Å². The number of benzene rings is 1. The predicted octanol–water partition coefficient (Wildman–Crippen LogP) is 3.39. The second kappa shape index (κ2) is 7.50. The molecule has 1 rings (SSSR count). The Morgan fingerprint density at radius 2 is 1.95 bits per heavy atom. The van der Waals surface area contributed by atoms with Crippen LogP contribution in [0.15, 0.2) is 24.3 Å². The van der Waals surface area contributed by atoms with E-state index in [9.17, 15) is 13.2 Å². The summed E-state index contributed by atoms with van der Waals surface area (Å²) in [6.45, 7) is 2.47. The van der Waals surface area contributed by atoms with E-state index in [1.165, 1.54) is 0 Å². The van der Waals surface area contributed by atoms with Gasteiger partial charge in [0.15, 0.2) is 0 Å². The van der Waals surface area contributed by atoms with Crippen LogP contribution < -0.4 is 5.32 Å². The zero-order valence-corrected chi connectivity index (χ0v) is 11.0. The summed E-state index contributed by atoms with van der Waals surface area (Å²) in [5.41, 5.74) is 1.86. The van der Waals surface area contributed by atoms with Crippen molar-refractivity contribution in [1.82, 2.24) is 5.32 Å². The zero-order chi connectivity index (χ0) is 14.3. The van der Waals surface area contributed by atoms with E-state index in [0.717, 1.165) is 11.1 Å². The Kier molecular flexibility index (Phi) is 6.31. The summed E-state index contributed by atoms with van der Waals surface area (Å²) in [5, 5.41) is 12.2. The zero-order valence-electron chi connectivity index (χ0n) is 11.0. The summed E-state index contributed by atoms with van der Waals surface area (Å²) < 4.78 is 36.0. The van der Waals surface area contributed by atoms with Crippen molar-refractivity contribution in [2.24, 2.45) is 0 Å². The normalized spacial score (nSPS) is 13.5. The molecule has 2 nitrogen and oxygen atoms in total. The van der Waals surface area contributed by atoms with Crippen molar-refractivity contribution in [3.05, 3.63) is 35.4 Å². The first-order valence-electron chi connectivity index (χ1n) is 6.39. The van der Waals surface area contributed by atoms with Crippen molar-refractivity contribution in [2.75, 3.05) is 0 Å². The molecular formula is C14H20F3NO. The van der Waals surface area contributed by atoms with Crippen LogP contribution in [0.1, 0.15) is 37.3 Å². The molecule has 0 bridgehead atoms. The van der Waals surface area contributed by atoms with Gasteiger partial charge in [0, 0.05) is 19.0 Å². The topological polar surface area (TPSA) is 32.3 Å². The fourth-order valence-electron chi connectivity index (χ4n) is 1.84. The van der Waals surface area contributed by atoms with Crippen molar-refractivity contribution in [2.45, 2.75) is 51.6 Å². The van der Waals surface area contributed by atoms with Gasteiger partial charge in [-0.15, -0.1) is 0 Å². The fourth-order valence-corrected chi connectivity index (χ4v) is 1.84. The van der Waals surface area contributed by atoms with E-state index in [2.05, 4.69) is 5.32 Å². The molecule has 0 fully saturated rings. The molecule has 108 valence electrons. The second-order valence-electron chi connectivity index (χ2n) is 4.77. The number of alkyl halides is 3. The monoisotopic (exact) mass is 275 g/mol. The highest BCUT2D eigenvalue weighted by molar-refractivity contribution is 5.22. The van der Waals surface area contributed by atoms with E-state index in [1.807, 2.05) is 31.2 Å². The molecule has 0 saturated carbocycles. The average Bonchev–Trinajstić information content (AvgIpc) is 2.35. The molecule has 1 atom stereocenters. The molecule has 5 heteroatoms. The largest absolute Gasteiger partial charge is 0.392 e.